The molecule has 1 aliphatic heterocycles. The average Bonchev–Trinajstić information content (AvgIpc) is 2.90. The normalized spacial score (nSPS) is 15.2. The van der Waals surface area contributed by atoms with Crippen LogP contribution >= 0.6 is 0 Å². The van der Waals surface area contributed by atoms with Crippen LogP contribution in [0, 0.1) is 12.3 Å². The smallest absolute Gasteiger partial charge is 0.240 e. The first kappa shape index (κ1) is 26.9. The Labute approximate surface area is 221 Å². The molecule has 0 saturated carbocycles. The van der Waals surface area contributed by atoms with Crippen molar-refractivity contribution < 1.29 is 21.9 Å². The molecule has 2 aliphatic rings. The molecular weight excluding hydrogens is 508 g/mol. The summed E-state index contributed by atoms with van der Waals surface area (Å²) in [6.07, 6.45) is 12.7. The highest BCUT2D eigenvalue weighted by molar-refractivity contribution is 7.89. The molecule has 37 heavy (non-hydrogen) atoms. The van der Waals surface area contributed by atoms with Crippen molar-refractivity contribution >= 4 is 32.4 Å². The van der Waals surface area contributed by atoms with Gasteiger partial charge in [-0.1, -0.05) is 18.2 Å². The van der Waals surface area contributed by atoms with Crippen molar-refractivity contribution in [3.05, 3.63) is 77.1 Å². The number of benzene rings is 2. The number of fused-ring (bicyclic) bond motifs is 2. The fourth-order valence-electron chi connectivity index (χ4n) is 4.49. The van der Waals surface area contributed by atoms with Gasteiger partial charge in [-0.3, -0.25) is 4.21 Å². The fourth-order valence-corrected chi connectivity index (χ4v) is 6.24. The highest BCUT2D eigenvalue weighted by Gasteiger charge is 2.28. The van der Waals surface area contributed by atoms with Gasteiger partial charge in [0.05, 0.1) is 4.90 Å². The third-order valence-corrected chi connectivity index (χ3v) is 8.50. The lowest BCUT2D eigenvalue weighted by Crippen LogP contribution is -2.25. The minimum absolute atomic E-state index is 0.104. The van der Waals surface area contributed by atoms with Gasteiger partial charge in [0.2, 0.25) is 10.0 Å². The predicted molar refractivity (Wildman–Crippen MR) is 145 cm³/mol. The van der Waals surface area contributed by atoms with Gasteiger partial charge in [-0.2, -0.15) is 0 Å². The zero-order valence-corrected chi connectivity index (χ0v) is 22.5. The molecule has 194 valence electrons. The summed E-state index contributed by atoms with van der Waals surface area (Å²) >= 11 is -2.70. The first-order valence-electron chi connectivity index (χ1n) is 12.2. The van der Waals surface area contributed by atoms with Crippen LogP contribution in [0.3, 0.4) is 0 Å². The van der Waals surface area contributed by atoms with Crippen LogP contribution in [0.4, 0.5) is 5.69 Å². The molecule has 4 rings (SSSR count). The minimum atomic E-state index is -3.91. The van der Waals surface area contributed by atoms with Gasteiger partial charge >= 0.3 is 0 Å². The van der Waals surface area contributed by atoms with Crippen LogP contribution in [-0.4, -0.2) is 36.8 Å². The average molecular weight is 538 g/mol. The zero-order chi connectivity index (χ0) is 26.6. The van der Waals surface area contributed by atoms with Crippen LogP contribution in [0.5, 0.6) is 5.75 Å². The van der Waals surface area contributed by atoms with Gasteiger partial charge in [0.1, 0.15) is 11.5 Å². The Bertz CT molecular complexity index is 1460. The summed E-state index contributed by atoms with van der Waals surface area (Å²) in [5, 5.41) is 0. The van der Waals surface area contributed by atoms with E-state index in [-0.39, 0.29) is 16.3 Å². The van der Waals surface area contributed by atoms with Crippen LogP contribution in [0.2, 0.25) is 0 Å². The molecule has 2 aromatic rings. The van der Waals surface area contributed by atoms with E-state index in [0.29, 0.717) is 41.9 Å². The number of sulfonamides is 1. The SMILES string of the molecule is C#CCCCNS(=O)(=O)c1ccc(C2=C3C=CCC=C3Oc3cc(N(CC)CC)ccc32)c(S(=O)[O-])c1. The molecule has 1 unspecified atom stereocenters. The van der Waals surface area contributed by atoms with Crippen molar-refractivity contribution in [1.29, 1.82) is 0 Å². The largest absolute Gasteiger partial charge is 0.768 e. The molecule has 0 radical (unpaired) electrons. The first-order chi connectivity index (χ1) is 17.8. The summed E-state index contributed by atoms with van der Waals surface area (Å²) in [6, 6.07) is 10.1. The molecular formula is C28H29N2O5S2-. The lowest BCUT2D eigenvalue weighted by atomic mass is 9.87. The van der Waals surface area contributed by atoms with E-state index in [1.165, 1.54) is 12.1 Å². The molecule has 1 heterocycles. The van der Waals surface area contributed by atoms with E-state index < -0.39 is 21.1 Å². The summed E-state index contributed by atoms with van der Waals surface area (Å²) in [7, 11) is -3.91. The van der Waals surface area contributed by atoms with Crippen LogP contribution in [-0.2, 0) is 21.1 Å². The quantitative estimate of drug-likeness (QED) is 0.272. The monoisotopic (exact) mass is 537 g/mol. The molecule has 1 aliphatic carbocycles. The summed E-state index contributed by atoms with van der Waals surface area (Å²) in [4.78, 5) is 1.97. The molecule has 2 aromatic carbocycles. The molecule has 0 fully saturated rings. The Kier molecular flexibility index (Phi) is 8.35. The fraction of sp³-hybridized carbons (Fsp3) is 0.286. The second-order valence-electron chi connectivity index (χ2n) is 8.55. The van der Waals surface area contributed by atoms with Crippen LogP contribution in [0.1, 0.15) is 44.2 Å². The van der Waals surface area contributed by atoms with Gasteiger partial charge in [-0.15, -0.1) is 12.3 Å². The van der Waals surface area contributed by atoms with Crippen molar-refractivity contribution in [2.45, 2.75) is 42.9 Å². The van der Waals surface area contributed by atoms with Crippen LogP contribution in [0.25, 0.3) is 5.57 Å². The molecule has 0 spiro atoms. The van der Waals surface area contributed by atoms with Crippen molar-refractivity contribution in [2.24, 2.45) is 0 Å². The first-order valence-corrected chi connectivity index (χ1v) is 14.7. The summed E-state index contributed by atoms with van der Waals surface area (Å²) in [5.74, 6) is 3.74. The van der Waals surface area contributed by atoms with E-state index >= 15 is 0 Å². The molecule has 9 heteroatoms. The van der Waals surface area contributed by atoms with Gasteiger partial charge in [-0.05, 0) is 73.7 Å². The Balaban J connectivity index is 1.85. The molecule has 1 atom stereocenters. The molecule has 0 bridgehead atoms. The minimum Gasteiger partial charge on any atom is -0.768 e. The third kappa shape index (κ3) is 5.58. The molecule has 0 aromatic heterocycles. The van der Waals surface area contributed by atoms with Crippen LogP contribution < -0.4 is 14.4 Å². The Hall–Kier alpha value is -3.16. The Morgan fingerprint density at radius 3 is 2.62 bits per heavy atom. The number of nitrogens with one attached hydrogen (secondary N) is 1. The van der Waals surface area contributed by atoms with Gasteiger partial charge in [0.25, 0.3) is 0 Å². The van der Waals surface area contributed by atoms with E-state index in [1.54, 1.807) is 6.07 Å². The number of rotatable bonds is 10. The van der Waals surface area contributed by atoms with Gasteiger partial charge in [-0.25, -0.2) is 13.1 Å². The van der Waals surface area contributed by atoms with Gasteiger partial charge < -0.3 is 14.2 Å². The second-order valence-corrected chi connectivity index (χ2v) is 11.2. The standard InChI is InChI=1S/C28H30N2O5S2/c1-4-7-10-17-29-37(33,34)21-14-16-24(27(19-21)36(31)32)28-22-11-8-9-12-25(22)35-26-18-20(13-15-23(26)28)30(5-2)6-3/h1,8,11-16,18-19,29H,5-7,9-10,17H2,2-3H3,(H,31,32)/p-1. The molecule has 1 N–H and O–H groups in total. The van der Waals surface area contributed by atoms with E-state index in [9.17, 15) is 17.2 Å². The summed E-state index contributed by atoms with van der Waals surface area (Å²) in [5.41, 5.74) is 3.59. The second kappa shape index (κ2) is 11.5. The zero-order valence-electron chi connectivity index (χ0n) is 20.8. The summed E-state index contributed by atoms with van der Waals surface area (Å²) < 4.78 is 59.2. The molecule has 7 nitrogen and oxygen atoms in total. The van der Waals surface area contributed by atoms with E-state index in [0.717, 1.165) is 29.9 Å². The number of anilines is 1. The lowest BCUT2D eigenvalue weighted by Gasteiger charge is -2.30. The lowest BCUT2D eigenvalue weighted by molar-refractivity contribution is 0.429. The number of allylic oxidation sites excluding steroid dienone is 3. The number of ether oxygens (including phenoxy) is 1. The Morgan fingerprint density at radius 1 is 1.16 bits per heavy atom. The number of hydrogen-bond acceptors (Lipinski definition) is 6. The van der Waals surface area contributed by atoms with Crippen molar-refractivity contribution in [3.63, 3.8) is 0 Å². The van der Waals surface area contributed by atoms with Gasteiger partial charge in [0.15, 0.2) is 0 Å². The molecule has 0 saturated heterocycles. The predicted octanol–water partition coefficient (Wildman–Crippen LogP) is 4.50. The number of unbranched alkanes of at least 4 members (excludes halogenated alkanes) is 1. The maximum Gasteiger partial charge on any atom is 0.240 e. The molecule has 0 amide bonds. The van der Waals surface area contributed by atoms with Crippen LogP contribution in [0.15, 0.2) is 75.7 Å². The van der Waals surface area contributed by atoms with Gasteiger partial charge in [0, 0.05) is 59.4 Å². The van der Waals surface area contributed by atoms with Crippen molar-refractivity contribution in [2.75, 3.05) is 24.5 Å². The summed E-state index contributed by atoms with van der Waals surface area (Å²) in [6.45, 7) is 5.99. The maximum absolute atomic E-state index is 12.8. The van der Waals surface area contributed by atoms with E-state index in [1.807, 2.05) is 36.4 Å². The van der Waals surface area contributed by atoms with Crippen molar-refractivity contribution in [1.82, 2.24) is 4.72 Å². The van der Waals surface area contributed by atoms with E-state index in [2.05, 4.69) is 29.4 Å². The Morgan fingerprint density at radius 2 is 1.92 bits per heavy atom. The highest BCUT2D eigenvalue weighted by Crippen LogP contribution is 2.45. The number of terminal acetylenes is 1. The number of hydrogen-bond donors (Lipinski definition) is 1. The topological polar surface area (TPSA) is 98.8 Å². The maximum atomic E-state index is 12.8. The third-order valence-electron chi connectivity index (χ3n) is 6.34. The van der Waals surface area contributed by atoms with Crippen molar-refractivity contribution in [3.8, 4) is 18.1 Å². The highest BCUT2D eigenvalue weighted by atomic mass is 32.2. The number of nitrogens with zero attached hydrogens (tertiary/aromatic N) is 1. The van der Waals surface area contributed by atoms with E-state index in [4.69, 9.17) is 11.2 Å².